The maximum atomic E-state index is 10.6. The Morgan fingerprint density at radius 1 is 1.62 bits per heavy atom. The largest absolute Gasteiger partial charge is 0.469 e. The Balaban J connectivity index is 4.29. The Hall–Kier alpha value is -0.300. The van der Waals surface area contributed by atoms with E-state index < -0.39 is 32.4 Å². The van der Waals surface area contributed by atoms with E-state index in [1.807, 2.05) is 0 Å². The standard InChI is InChI=1S/C5H11O7P/c1-3(6)5(8)4(7)2-12-13(9,10)11/h4-5,7-8H,2H2,1H3,(H2,9,10,11)/t4-,5-/m1/s1/i5T. The molecule has 2 atom stereocenters. The molecule has 0 radical (unpaired) electrons. The van der Waals surface area contributed by atoms with Crippen LogP contribution in [0, 0.1) is 0 Å². The van der Waals surface area contributed by atoms with Crippen LogP contribution in [-0.2, 0) is 13.9 Å². The van der Waals surface area contributed by atoms with Gasteiger partial charge in [0.2, 0.25) is 0 Å². The monoisotopic (exact) mass is 216 g/mol. The summed E-state index contributed by atoms with van der Waals surface area (Å²) in [6, 6.07) is 0. The summed E-state index contributed by atoms with van der Waals surface area (Å²) in [6.45, 7) is -0.155. The van der Waals surface area contributed by atoms with Crippen LogP contribution in [0.25, 0.3) is 0 Å². The molecule has 0 rings (SSSR count). The van der Waals surface area contributed by atoms with E-state index in [1.54, 1.807) is 0 Å². The second kappa shape index (κ2) is 4.80. The van der Waals surface area contributed by atoms with E-state index in [4.69, 9.17) is 21.4 Å². The third-order valence-electron chi connectivity index (χ3n) is 1.08. The number of carbonyl (C=O) groups is 1. The quantitative estimate of drug-likeness (QED) is 0.408. The number of carbonyl (C=O) groups excluding carboxylic acids is 1. The van der Waals surface area contributed by atoms with Crippen LogP contribution in [0.3, 0.4) is 0 Å². The lowest BCUT2D eigenvalue weighted by atomic mass is 10.1. The minimum Gasteiger partial charge on any atom is -0.388 e. The summed E-state index contributed by atoms with van der Waals surface area (Å²) in [7, 11) is -4.79. The van der Waals surface area contributed by atoms with Crippen molar-refractivity contribution in [1.29, 1.82) is 0 Å². The highest BCUT2D eigenvalue weighted by molar-refractivity contribution is 7.46. The Kier molecular flexibility index (Phi) is 3.98. The Bertz CT molecular complexity index is 259. The van der Waals surface area contributed by atoms with Gasteiger partial charge in [0.15, 0.2) is 5.78 Å². The molecule has 0 unspecified atom stereocenters. The summed E-state index contributed by atoms with van der Waals surface area (Å²) < 4.78 is 20.9. The second-order valence-electron chi connectivity index (χ2n) is 2.24. The molecule has 0 saturated heterocycles. The maximum absolute atomic E-state index is 10.6. The second-order valence-corrected chi connectivity index (χ2v) is 3.48. The van der Waals surface area contributed by atoms with E-state index in [0.717, 1.165) is 6.92 Å². The van der Waals surface area contributed by atoms with Crippen molar-refractivity contribution in [2.24, 2.45) is 0 Å². The molecule has 13 heavy (non-hydrogen) atoms. The van der Waals surface area contributed by atoms with E-state index in [0.29, 0.717) is 0 Å². The fourth-order valence-corrected chi connectivity index (χ4v) is 0.817. The van der Waals surface area contributed by atoms with Crippen LogP contribution in [0.15, 0.2) is 0 Å². The molecular weight excluding hydrogens is 203 g/mol. The lowest BCUT2D eigenvalue weighted by molar-refractivity contribution is -0.132. The molecule has 0 aromatic heterocycles. The number of Topliss-reactive ketones (excluding diaryl/α,β-unsaturated/α-hetero) is 1. The van der Waals surface area contributed by atoms with Crippen LogP contribution in [-0.4, -0.2) is 44.6 Å². The van der Waals surface area contributed by atoms with Crippen molar-refractivity contribution in [3.8, 4) is 0 Å². The van der Waals surface area contributed by atoms with Crippen LogP contribution >= 0.6 is 7.82 Å². The molecule has 7 nitrogen and oxygen atoms in total. The molecule has 0 saturated carbocycles. The molecular formula is C5H11O7P. The van der Waals surface area contributed by atoms with Gasteiger partial charge in [-0.25, -0.2) is 4.57 Å². The molecule has 0 aromatic rings. The van der Waals surface area contributed by atoms with Crippen molar-refractivity contribution in [1.82, 2.24) is 0 Å². The molecule has 0 fully saturated rings. The number of hydrogen-bond acceptors (Lipinski definition) is 5. The van der Waals surface area contributed by atoms with Crippen LogP contribution in [0.2, 0.25) is 0 Å². The highest BCUT2D eigenvalue weighted by Gasteiger charge is 2.24. The van der Waals surface area contributed by atoms with Gasteiger partial charge in [0.25, 0.3) is 0 Å². The predicted molar refractivity (Wildman–Crippen MR) is 40.7 cm³/mol. The van der Waals surface area contributed by atoms with Gasteiger partial charge in [-0.1, -0.05) is 0 Å². The molecule has 0 aliphatic heterocycles. The first-order chi connectivity index (χ1) is 6.07. The minimum atomic E-state index is -4.79. The van der Waals surface area contributed by atoms with Gasteiger partial charge in [0, 0.05) is 0 Å². The SMILES string of the molecule is [3H][C@@](O)(C(C)=O)[C@H](O)COP(=O)(O)O. The number of hydrogen-bond donors (Lipinski definition) is 4. The highest BCUT2D eigenvalue weighted by Crippen LogP contribution is 2.35. The zero-order chi connectivity index (χ0) is 11.6. The fraction of sp³-hybridized carbons (Fsp3) is 0.800. The van der Waals surface area contributed by atoms with Crippen molar-refractivity contribution in [3.05, 3.63) is 0 Å². The Morgan fingerprint density at radius 3 is 2.38 bits per heavy atom. The van der Waals surface area contributed by atoms with Gasteiger partial charge in [0.1, 0.15) is 12.2 Å². The van der Waals surface area contributed by atoms with Gasteiger partial charge in [-0.05, 0) is 6.92 Å². The van der Waals surface area contributed by atoms with Crippen LogP contribution in [0.4, 0.5) is 0 Å². The molecule has 78 valence electrons. The van der Waals surface area contributed by atoms with Gasteiger partial charge in [0.05, 0.1) is 7.98 Å². The third kappa shape index (κ3) is 5.87. The average Bonchev–Trinajstić information content (AvgIpc) is 1.98. The summed E-state index contributed by atoms with van der Waals surface area (Å²) in [5, 5.41) is 18.0. The summed E-state index contributed by atoms with van der Waals surface area (Å²) in [4.78, 5) is 27.0. The summed E-state index contributed by atoms with van der Waals surface area (Å²) >= 11 is 0. The van der Waals surface area contributed by atoms with E-state index in [1.165, 1.54) is 0 Å². The topological polar surface area (TPSA) is 124 Å². The van der Waals surface area contributed by atoms with Crippen LogP contribution in [0.1, 0.15) is 8.29 Å². The molecule has 0 aromatic carbocycles. The van der Waals surface area contributed by atoms with Crippen molar-refractivity contribution in [3.63, 3.8) is 0 Å². The number of ketones is 1. The smallest absolute Gasteiger partial charge is 0.388 e. The number of rotatable bonds is 5. The molecule has 0 aliphatic carbocycles. The van der Waals surface area contributed by atoms with Gasteiger partial charge < -0.3 is 20.0 Å². The van der Waals surface area contributed by atoms with Gasteiger partial charge in [-0.15, -0.1) is 0 Å². The summed E-state index contributed by atoms with van der Waals surface area (Å²) in [5.41, 5.74) is 0. The molecule has 0 amide bonds. The van der Waals surface area contributed by atoms with Gasteiger partial charge in [-0.2, -0.15) is 0 Å². The van der Waals surface area contributed by atoms with Crippen molar-refractivity contribution >= 4 is 13.6 Å². The van der Waals surface area contributed by atoms with E-state index in [2.05, 4.69) is 4.52 Å². The average molecular weight is 216 g/mol. The zero-order valence-corrected chi connectivity index (χ0v) is 7.64. The fourth-order valence-electron chi connectivity index (χ4n) is 0.481. The van der Waals surface area contributed by atoms with Crippen molar-refractivity contribution in [2.75, 3.05) is 6.61 Å². The molecule has 0 bridgehead atoms. The summed E-state index contributed by atoms with van der Waals surface area (Å²) in [6.07, 6.45) is -4.84. The summed E-state index contributed by atoms with van der Waals surface area (Å²) in [5.74, 6) is -1.06. The number of phosphoric acid groups is 1. The number of aliphatic hydroxyl groups is 2. The highest BCUT2D eigenvalue weighted by atomic mass is 31.2. The number of aliphatic hydroxyl groups excluding tert-OH is 1. The molecule has 0 heterocycles. The first-order valence-corrected chi connectivity index (χ1v) is 4.72. The van der Waals surface area contributed by atoms with E-state index in [-0.39, 0.29) is 0 Å². The molecule has 0 spiro atoms. The first kappa shape index (κ1) is 10.8. The van der Waals surface area contributed by atoms with E-state index in [9.17, 15) is 9.36 Å². The normalized spacial score (nSPS) is 20.2. The molecule has 4 N–H and O–H groups in total. The van der Waals surface area contributed by atoms with Gasteiger partial charge in [-0.3, -0.25) is 9.32 Å². The maximum Gasteiger partial charge on any atom is 0.469 e. The minimum absolute atomic E-state index is 0.855. The van der Waals surface area contributed by atoms with Gasteiger partial charge >= 0.3 is 7.82 Å². The third-order valence-corrected chi connectivity index (χ3v) is 1.56. The molecule has 8 heteroatoms. The molecule has 0 aliphatic rings. The van der Waals surface area contributed by atoms with Crippen LogP contribution < -0.4 is 0 Å². The van der Waals surface area contributed by atoms with Crippen molar-refractivity contribution in [2.45, 2.75) is 19.1 Å². The predicted octanol–water partition coefficient (Wildman–Crippen LogP) is -1.59. The number of phosphoric ester groups is 1. The Labute approximate surface area is 75.6 Å². The zero-order valence-electron chi connectivity index (χ0n) is 7.75. The lowest BCUT2D eigenvalue weighted by Crippen LogP contribution is -2.35. The van der Waals surface area contributed by atoms with Crippen molar-refractivity contribution < 1.29 is 35.3 Å². The van der Waals surface area contributed by atoms with E-state index >= 15 is 0 Å². The Morgan fingerprint density at radius 2 is 2.08 bits per heavy atom. The van der Waals surface area contributed by atoms with Crippen LogP contribution in [0.5, 0.6) is 0 Å². The lowest BCUT2D eigenvalue weighted by Gasteiger charge is -2.15. The first-order valence-electron chi connectivity index (χ1n) is 3.69.